The van der Waals surface area contributed by atoms with E-state index in [1.54, 1.807) is 0 Å². The number of aliphatic hydroxyl groups excluding tert-OH is 1. The molecule has 3 nitrogen and oxygen atoms in total. The molecule has 0 bridgehead atoms. The number of nitrogens with one attached hydrogen (secondary N) is 1. The lowest BCUT2D eigenvalue weighted by molar-refractivity contribution is -0.0698. The summed E-state index contributed by atoms with van der Waals surface area (Å²) in [5.74, 6) is 4.69. The van der Waals surface area contributed by atoms with Crippen LogP contribution >= 0.6 is 23.5 Å². The highest BCUT2D eigenvalue weighted by Gasteiger charge is 2.40. The van der Waals surface area contributed by atoms with E-state index < -0.39 is 0 Å². The molecule has 0 aromatic rings. The lowest BCUT2D eigenvalue weighted by Gasteiger charge is -2.38. The average molecular weight is 291 g/mol. The van der Waals surface area contributed by atoms with Gasteiger partial charge in [-0.15, -0.1) is 0 Å². The Bertz CT molecular complexity index is 235. The molecular formula is C13H25NO2S2. The third-order valence-corrected chi connectivity index (χ3v) is 5.98. The van der Waals surface area contributed by atoms with Crippen LogP contribution in [0.5, 0.6) is 0 Å². The maximum Gasteiger partial charge on any atom is 0.0795 e. The lowest BCUT2D eigenvalue weighted by atomic mass is 9.90. The summed E-state index contributed by atoms with van der Waals surface area (Å²) in [6.07, 6.45) is 4.51. The lowest BCUT2D eigenvalue weighted by Crippen LogP contribution is -2.47. The van der Waals surface area contributed by atoms with Crippen molar-refractivity contribution in [3.63, 3.8) is 0 Å². The number of ether oxygens (including phenoxy) is 1. The van der Waals surface area contributed by atoms with Crippen molar-refractivity contribution < 1.29 is 9.84 Å². The van der Waals surface area contributed by atoms with Crippen LogP contribution < -0.4 is 5.32 Å². The number of rotatable bonds is 7. The normalized spacial score (nSPS) is 32.2. The topological polar surface area (TPSA) is 41.5 Å². The minimum absolute atomic E-state index is 0.199. The quantitative estimate of drug-likeness (QED) is 0.700. The van der Waals surface area contributed by atoms with Gasteiger partial charge in [-0.3, -0.25) is 0 Å². The summed E-state index contributed by atoms with van der Waals surface area (Å²) >= 11 is 3.97. The molecule has 2 rings (SSSR count). The van der Waals surface area contributed by atoms with Crippen LogP contribution in [0, 0.1) is 0 Å². The molecule has 1 spiro atoms. The molecule has 2 heterocycles. The smallest absolute Gasteiger partial charge is 0.0795 e. The van der Waals surface area contributed by atoms with Crippen LogP contribution in [0.4, 0.5) is 0 Å². The molecule has 2 aliphatic rings. The predicted molar refractivity (Wildman–Crippen MR) is 80.7 cm³/mol. The molecule has 0 amide bonds. The molecule has 2 saturated heterocycles. The minimum atomic E-state index is 0.199. The van der Waals surface area contributed by atoms with Crippen molar-refractivity contribution in [3.8, 4) is 0 Å². The third-order valence-electron chi connectivity index (χ3n) is 3.69. The van der Waals surface area contributed by atoms with Gasteiger partial charge in [0.2, 0.25) is 0 Å². The van der Waals surface area contributed by atoms with E-state index in [4.69, 9.17) is 9.84 Å². The van der Waals surface area contributed by atoms with E-state index in [0.29, 0.717) is 12.6 Å². The molecule has 2 fully saturated rings. The van der Waals surface area contributed by atoms with Gasteiger partial charge in [-0.05, 0) is 37.2 Å². The standard InChI is InChI=1S/C13H25NO2S2/c15-5-1-7-17-9-4-14-12-2-6-16-13(10-12)3-8-18-11-13/h12,14-15H,1-11H2. The van der Waals surface area contributed by atoms with Gasteiger partial charge in [0.1, 0.15) is 0 Å². The van der Waals surface area contributed by atoms with E-state index >= 15 is 0 Å². The Balaban J connectivity index is 1.58. The number of hydrogen-bond donors (Lipinski definition) is 2. The highest BCUT2D eigenvalue weighted by Crippen LogP contribution is 2.38. The highest BCUT2D eigenvalue weighted by molar-refractivity contribution is 7.99. The fourth-order valence-corrected chi connectivity index (χ4v) is 4.85. The van der Waals surface area contributed by atoms with Crippen LogP contribution in [0.1, 0.15) is 25.7 Å². The van der Waals surface area contributed by atoms with E-state index in [9.17, 15) is 0 Å². The first-order chi connectivity index (χ1) is 8.85. The summed E-state index contributed by atoms with van der Waals surface area (Å²) in [5.41, 5.74) is 0.199. The first-order valence-corrected chi connectivity index (χ1v) is 9.29. The Morgan fingerprint density at radius 3 is 3.17 bits per heavy atom. The summed E-state index contributed by atoms with van der Waals surface area (Å²) in [6, 6.07) is 0.649. The van der Waals surface area contributed by atoms with E-state index in [0.717, 1.165) is 37.5 Å². The van der Waals surface area contributed by atoms with Gasteiger partial charge < -0.3 is 15.2 Å². The molecule has 0 radical (unpaired) electrons. The summed E-state index contributed by atoms with van der Waals surface area (Å²) in [4.78, 5) is 0. The van der Waals surface area contributed by atoms with Crippen LogP contribution in [0.25, 0.3) is 0 Å². The van der Waals surface area contributed by atoms with Crippen LogP contribution in [0.3, 0.4) is 0 Å². The van der Waals surface area contributed by atoms with E-state index in [1.165, 1.54) is 24.3 Å². The van der Waals surface area contributed by atoms with Gasteiger partial charge in [0.25, 0.3) is 0 Å². The molecule has 2 atom stereocenters. The van der Waals surface area contributed by atoms with Gasteiger partial charge in [-0.25, -0.2) is 0 Å². The average Bonchev–Trinajstić information content (AvgIpc) is 2.82. The van der Waals surface area contributed by atoms with Crippen molar-refractivity contribution in [1.29, 1.82) is 0 Å². The van der Waals surface area contributed by atoms with Crippen molar-refractivity contribution in [2.24, 2.45) is 0 Å². The SMILES string of the molecule is OCCCSCCNC1CCOC2(CCSC2)C1. The molecule has 5 heteroatoms. The van der Waals surface area contributed by atoms with Gasteiger partial charge in [0.05, 0.1) is 5.60 Å². The summed E-state index contributed by atoms with van der Waals surface area (Å²) < 4.78 is 6.02. The van der Waals surface area contributed by atoms with Crippen LogP contribution in [-0.2, 0) is 4.74 Å². The van der Waals surface area contributed by atoms with Crippen molar-refractivity contribution in [3.05, 3.63) is 0 Å². The number of aliphatic hydroxyl groups is 1. The zero-order valence-corrected chi connectivity index (χ0v) is 12.7. The maximum absolute atomic E-state index is 8.70. The second-order valence-electron chi connectivity index (χ2n) is 5.17. The molecule has 2 aliphatic heterocycles. The van der Waals surface area contributed by atoms with Crippen LogP contribution in [0.15, 0.2) is 0 Å². The molecule has 2 N–H and O–H groups in total. The zero-order chi connectivity index (χ0) is 12.7. The first-order valence-electron chi connectivity index (χ1n) is 6.98. The molecule has 106 valence electrons. The summed E-state index contributed by atoms with van der Waals surface area (Å²) in [5, 5.41) is 12.4. The summed E-state index contributed by atoms with van der Waals surface area (Å²) in [6.45, 7) is 2.33. The fourth-order valence-electron chi connectivity index (χ4n) is 2.67. The molecule has 0 aliphatic carbocycles. The van der Waals surface area contributed by atoms with E-state index in [1.807, 2.05) is 23.5 Å². The van der Waals surface area contributed by atoms with Crippen molar-refractivity contribution >= 4 is 23.5 Å². The third kappa shape index (κ3) is 4.60. The Labute approximate surface area is 119 Å². The Morgan fingerprint density at radius 2 is 2.39 bits per heavy atom. The number of hydrogen-bond acceptors (Lipinski definition) is 5. The van der Waals surface area contributed by atoms with E-state index in [2.05, 4.69) is 5.32 Å². The molecule has 2 unspecified atom stereocenters. The van der Waals surface area contributed by atoms with Gasteiger partial charge in [-0.1, -0.05) is 0 Å². The first kappa shape index (κ1) is 15.0. The molecule has 0 saturated carbocycles. The minimum Gasteiger partial charge on any atom is -0.396 e. The second kappa shape index (κ2) is 8.00. The second-order valence-corrected chi connectivity index (χ2v) is 7.50. The predicted octanol–water partition coefficient (Wildman–Crippen LogP) is 1.75. The molecule has 18 heavy (non-hydrogen) atoms. The van der Waals surface area contributed by atoms with Gasteiger partial charge >= 0.3 is 0 Å². The highest BCUT2D eigenvalue weighted by atomic mass is 32.2. The van der Waals surface area contributed by atoms with Crippen molar-refractivity contribution in [1.82, 2.24) is 5.32 Å². The van der Waals surface area contributed by atoms with Crippen molar-refractivity contribution in [2.75, 3.05) is 42.8 Å². The Kier molecular flexibility index (Phi) is 6.66. The Hall–Kier alpha value is 0.580. The van der Waals surface area contributed by atoms with Gasteiger partial charge in [-0.2, -0.15) is 23.5 Å². The van der Waals surface area contributed by atoms with E-state index in [-0.39, 0.29) is 5.60 Å². The van der Waals surface area contributed by atoms with Gasteiger partial charge in [0, 0.05) is 37.3 Å². The van der Waals surface area contributed by atoms with Crippen LogP contribution in [-0.4, -0.2) is 59.5 Å². The molecular weight excluding hydrogens is 266 g/mol. The zero-order valence-electron chi connectivity index (χ0n) is 11.0. The molecule has 0 aromatic heterocycles. The van der Waals surface area contributed by atoms with Crippen LogP contribution in [0.2, 0.25) is 0 Å². The fraction of sp³-hybridized carbons (Fsp3) is 1.00. The van der Waals surface area contributed by atoms with Gasteiger partial charge in [0.15, 0.2) is 0 Å². The largest absolute Gasteiger partial charge is 0.396 e. The summed E-state index contributed by atoms with van der Waals surface area (Å²) in [7, 11) is 0. The Morgan fingerprint density at radius 1 is 1.44 bits per heavy atom. The maximum atomic E-state index is 8.70. The van der Waals surface area contributed by atoms with Crippen molar-refractivity contribution in [2.45, 2.75) is 37.3 Å². The molecule has 0 aromatic carbocycles. The monoisotopic (exact) mass is 291 g/mol. The number of thioether (sulfide) groups is 2.